The Bertz CT molecular complexity index is 797. The third-order valence-corrected chi connectivity index (χ3v) is 3.49. The fraction of sp³-hybridized carbons (Fsp3) is 0. The average molecular weight is 377 g/mol. The van der Waals surface area contributed by atoms with Crippen LogP contribution in [-0.2, 0) is 17.1 Å². The van der Waals surface area contributed by atoms with E-state index < -0.39 is 0 Å². The molecular formula is C23H15FeNO-6. The van der Waals surface area contributed by atoms with Crippen molar-refractivity contribution in [2.24, 2.45) is 0 Å². The normalized spacial score (nSPS) is 9.38. The van der Waals surface area contributed by atoms with Crippen molar-refractivity contribution in [3.8, 4) is 0 Å². The minimum Gasteiger partial charge on any atom is -0.999 e. The van der Waals surface area contributed by atoms with Crippen LogP contribution in [-0.4, -0.2) is 5.91 Å². The molecule has 2 nitrogen and oxygen atoms in total. The summed E-state index contributed by atoms with van der Waals surface area (Å²) < 4.78 is 0. The van der Waals surface area contributed by atoms with E-state index in [4.69, 9.17) is 0 Å². The van der Waals surface area contributed by atoms with Gasteiger partial charge >= 0.3 is 0 Å². The molecule has 0 aliphatic rings. The van der Waals surface area contributed by atoms with Crippen LogP contribution in [0.3, 0.4) is 0 Å². The molecule has 0 N–H and O–H groups in total. The second-order valence-corrected chi connectivity index (χ2v) is 5.17. The largest absolute Gasteiger partial charge is 0.999 e. The SMILES string of the molecule is O=C([c-]1cccc1)N(c1ccccc1)c1ccccc1.[Fe].[c-]1[c-][c-][cH-][c-]1. The topological polar surface area (TPSA) is 20.3 Å². The van der Waals surface area contributed by atoms with E-state index >= 15 is 0 Å². The van der Waals surface area contributed by atoms with Gasteiger partial charge in [-0.25, -0.2) is 12.1 Å². The smallest absolute Gasteiger partial charge is 0.206 e. The molecule has 0 fully saturated rings. The maximum absolute atomic E-state index is 12.7. The van der Waals surface area contributed by atoms with Crippen molar-refractivity contribution >= 4 is 17.3 Å². The summed E-state index contributed by atoms with van der Waals surface area (Å²) in [5.74, 6) is -0.0209. The van der Waals surface area contributed by atoms with E-state index in [0.29, 0.717) is 5.56 Å². The van der Waals surface area contributed by atoms with Gasteiger partial charge in [-0.15, -0.1) is 0 Å². The van der Waals surface area contributed by atoms with Gasteiger partial charge < -0.3 is 30.3 Å². The Balaban J connectivity index is 0.000000351. The van der Waals surface area contributed by atoms with E-state index in [1.54, 1.807) is 11.0 Å². The molecular weight excluding hydrogens is 362 g/mol. The van der Waals surface area contributed by atoms with Gasteiger partial charge in [0.1, 0.15) is 0 Å². The molecule has 132 valence electrons. The first kappa shape index (κ1) is 19.5. The van der Waals surface area contributed by atoms with Crippen molar-refractivity contribution in [1.82, 2.24) is 0 Å². The number of para-hydroxylation sites is 2. The van der Waals surface area contributed by atoms with E-state index in [1.165, 1.54) is 0 Å². The number of nitrogens with zero attached hydrogens (tertiary/aromatic N) is 1. The maximum atomic E-state index is 12.7. The minimum atomic E-state index is -0.0209. The van der Waals surface area contributed by atoms with Crippen LogP contribution in [0.5, 0.6) is 0 Å². The molecule has 0 atom stereocenters. The summed E-state index contributed by atoms with van der Waals surface area (Å²) in [4.78, 5) is 14.5. The predicted octanol–water partition coefficient (Wildman–Crippen LogP) is 4.99. The van der Waals surface area contributed by atoms with Crippen LogP contribution in [0, 0.1) is 24.3 Å². The number of hydrogen-bond donors (Lipinski definition) is 0. The van der Waals surface area contributed by atoms with E-state index in [9.17, 15) is 4.79 Å². The molecule has 1 amide bonds. The monoisotopic (exact) mass is 377 g/mol. The van der Waals surface area contributed by atoms with Crippen LogP contribution < -0.4 is 4.90 Å². The summed E-state index contributed by atoms with van der Waals surface area (Å²) >= 11 is 0. The van der Waals surface area contributed by atoms with Gasteiger partial charge in [0.2, 0.25) is 5.91 Å². The van der Waals surface area contributed by atoms with Crippen LogP contribution in [0.25, 0.3) is 0 Å². The summed E-state index contributed by atoms with van der Waals surface area (Å²) in [7, 11) is 0. The fourth-order valence-electron chi connectivity index (χ4n) is 2.36. The molecule has 26 heavy (non-hydrogen) atoms. The van der Waals surface area contributed by atoms with E-state index in [1.807, 2.05) is 84.9 Å². The molecule has 4 aromatic rings. The van der Waals surface area contributed by atoms with Crippen LogP contribution >= 0.6 is 0 Å². The number of rotatable bonds is 3. The number of anilines is 2. The Morgan fingerprint density at radius 3 is 1.62 bits per heavy atom. The molecule has 4 aromatic carbocycles. The first-order valence-corrected chi connectivity index (χ1v) is 7.85. The fourth-order valence-corrected chi connectivity index (χ4v) is 2.36. The van der Waals surface area contributed by atoms with Gasteiger partial charge in [0.25, 0.3) is 0 Å². The van der Waals surface area contributed by atoms with Crippen molar-refractivity contribution < 1.29 is 21.9 Å². The van der Waals surface area contributed by atoms with Gasteiger partial charge in [0, 0.05) is 28.4 Å². The van der Waals surface area contributed by atoms with Crippen LogP contribution in [0.1, 0.15) is 10.4 Å². The number of carbonyl (C=O) groups is 1. The molecule has 3 heteroatoms. The molecule has 0 saturated heterocycles. The number of carbonyl (C=O) groups excluding carboxylic acids is 1. The second kappa shape index (κ2) is 10.2. The van der Waals surface area contributed by atoms with Crippen molar-refractivity contribution in [1.29, 1.82) is 0 Å². The minimum absolute atomic E-state index is 0. The Hall–Kier alpha value is -2.87. The molecule has 0 saturated carbocycles. The van der Waals surface area contributed by atoms with Gasteiger partial charge in [0.15, 0.2) is 0 Å². The Morgan fingerprint density at radius 1 is 0.769 bits per heavy atom. The molecule has 4 rings (SSSR count). The standard InChI is InChI=1S/C18H14NO.C5H.Fe/c20-18(15-9-7-8-10-15)19(16-11-3-1-4-12-16)17-13-5-2-6-14-17;1-2-4-5-3-1;/h1-14H;1H;/q-1;-5;. The Morgan fingerprint density at radius 2 is 1.23 bits per heavy atom. The summed E-state index contributed by atoms with van der Waals surface area (Å²) in [6.07, 6.45) is 0. The molecule has 0 radical (unpaired) electrons. The van der Waals surface area contributed by atoms with Gasteiger partial charge in [-0.2, -0.15) is 12.1 Å². The quantitative estimate of drug-likeness (QED) is 0.364. The van der Waals surface area contributed by atoms with Gasteiger partial charge in [0.05, 0.1) is 0 Å². The van der Waals surface area contributed by atoms with E-state index in [-0.39, 0.29) is 23.0 Å². The van der Waals surface area contributed by atoms with Gasteiger partial charge in [-0.3, -0.25) is 9.69 Å². The maximum Gasteiger partial charge on any atom is 0.206 e. The van der Waals surface area contributed by atoms with Crippen LogP contribution in [0.4, 0.5) is 11.4 Å². The van der Waals surface area contributed by atoms with E-state index in [2.05, 4.69) is 24.3 Å². The van der Waals surface area contributed by atoms with Gasteiger partial charge in [-0.1, -0.05) is 42.0 Å². The Kier molecular flexibility index (Phi) is 7.63. The summed E-state index contributed by atoms with van der Waals surface area (Å²) in [6.45, 7) is 0. The van der Waals surface area contributed by atoms with Gasteiger partial charge in [-0.05, 0) is 24.3 Å². The molecule has 0 unspecified atom stereocenters. The molecule has 0 heterocycles. The summed E-state index contributed by atoms with van der Waals surface area (Å²) in [5, 5.41) is 0. The molecule has 0 aliphatic carbocycles. The molecule has 0 aliphatic heterocycles. The zero-order chi connectivity index (χ0) is 17.3. The Labute approximate surface area is 164 Å². The number of amides is 1. The van der Waals surface area contributed by atoms with Crippen LogP contribution in [0.2, 0.25) is 0 Å². The first-order valence-electron chi connectivity index (χ1n) is 7.85. The summed E-state index contributed by atoms with van der Waals surface area (Å²) in [5.41, 5.74) is 2.42. The van der Waals surface area contributed by atoms with E-state index in [0.717, 1.165) is 11.4 Å². The third-order valence-electron chi connectivity index (χ3n) is 3.49. The van der Waals surface area contributed by atoms with Crippen molar-refractivity contribution in [2.45, 2.75) is 0 Å². The summed E-state index contributed by atoms with van der Waals surface area (Å²) in [6, 6.07) is 38.8. The van der Waals surface area contributed by atoms with Crippen molar-refractivity contribution in [3.05, 3.63) is 121 Å². The third kappa shape index (κ3) is 5.06. The second-order valence-electron chi connectivity index (χ2n) is 5.17. The van der Waals surface area contributed by atoms with Crippen molar-refractivity contribution in [2.75, 3.05) is 4.90 Å². The molecule has 0 aromatic heterocycles. The average Bonchev–Trinajstić information content (AvgIpc) is 3.40. The first-order chi connectivity index (χ1) is 12.4. The number of benzene rings is 2. The molecule has 0 spiro atoms. The molecule has 0 bridgehead atoms. The van der Waals surface area contributed by atoms with Crippen LogP contribution in [0.15, 0.2) is 91.0 Å². The zero-order valence-electron chi connectivity index (χ0n) is 13.9. The zero-order valence-corrected chi connectivity index (χ0v) is 15.0. The number of hydrogen-bond acceptors (Lipinski definition) is 1. The van der Waals surface area contributed by atoms with Crippen molar-refractivity contribution in [3.63, 3.8) is 0 Å². The predicted molar refractivity (Wildman–Crippen MR) is 98.8 cm³/mol.